The maximum atomic E-state index is 12.9. The number of aryl methyl sites for hydroxylation is 1. The van der Waals surface area contributed by atoms with Crippen LogP contribution in [0, 0.1) is 6.92 Å². The molecule has 2 atom stereocenters. The number of rotatable bonds is 8. The van der Waals surface area contributed by atoms with E-state index in [4.69, 9.17) is 5.73 Å². The number of nitrogens with two attached hydrogens (primary N) is 1. The van der Waals surface area contributed by atoms with Gasteiger partial charge in [0.25, 0.3) is 0 Å². The molecule has 0 saturated carbocycles. The minimum absolute atomic E-state index is 0.127. The molecule has 0 fully saturated rings. The highest BCUT2D eigenvalue weighted by Crippen LogP contribution is 2.16. The summed E-state index contributed by atoms with van der Waals surface area (Å²) in [5, 5.41) is 6.27. The van der Waals surface area contributed by atoms with Gasteiger partial charge in [-0.2, -0.15) is 0 Å². The highest BCUT2D eigenvalue weighted by molar-refractivity contribution is 5.99. The number of H-pyrrole nitrogens is 1. The Labute approximate surface area is 167 Å². The van der Waals surface area contributed by atoms with Crippen LogP contribution in [0.4, 0.5) is 5.69 Å². The van der Waals surface area contributed by atoms with E-state index < -0.39 is 23.9 Å². The summed E-state index contributed by atoms with van der Waals surface area (Å²) in [5.41, 5.74) is 7.68. The topological polar surface area (TPSA) is 143 Å². The summed E-state index contributed by atoms with van der Waals surface area (Å²) in [4.78, 5) is 47.2. The SMILES string of the molecule is Cc1ncc(CC(NC(=O)C(N)CC=O)C(=O)Nc2cnc3ccccc3c2)[nH]1. The number of aldehydes is 1. The number of nitrogens with zero attached hydrogens (tertiary/aromatic N) is 2. The molecular weight excluding hydrogens is 372 g/mol. The van der Waals surface area contributed by atoms with Crippen molar-refractivity contribution in [1.29, 1.82) is 0 Å². The first-order chi connectivity index (χ1) is 14.0. The lowest BCUT2D eigenvalue weighted by Gasteiger charge is -2.19. The van der Waals surface area contributed by atoms with E-state index in [1.165, 1.54) is 0 Å². The van der Waals surface area contributed by atoms with Crippen LogP contribution in [0.5, 0.6) is 0 Å². The summed E-state index contributed by atoms with van der Waals surface area (Å²) >= 11 is 0. The molecule has 0 aliphatic carbocycles. The van der Waals surface area contributed by atoms with Gasteiger partial charge in [0.05, 0.1) is 23.4 Å². The molecule has 150 valence electrons. The van der Waals surface area contributed by atoms with Gasteiger partial charge < -0.3 is 26.1 Å². The Bertz CT molecular complexity index is 1030. The smallest absolute Gasteiger partial charge is 0.247 e. The summed E-state index contributed by atoms with van der Waals surface area (Å²) in [6.45, 7) is 1.79. The van der Waals surface area contributed by atoms with Crippen LogP contribution in [0.15, 0.2) is 42.7 Å². The van der Waals surface area contributed by atoms with E-state index in [0.717, 1.165) is 10.9 Å². The predicted octanol–water partition coefficient (Wildman–Crippen LogP) is 0.849. The monoisotopic (exact) mass is 394 g/mol. The number of carbonyl (C=O) groups is 3. The zero-order valence-electron chi connectivity index (χ0n) is 15.9. The van der Waals surface area contributed by atoms with Crippen molar-refractivity contribution in [2.75, 3.05) is 5.32 Å². The van der Waals surface area contributed by atoms with E-state index in [0.29, 0.717) is 23.5 Å². The van der Waals surface area contributed by atoms with Crippen LogP contribution < -0.4 is 16.4 Å². The summed E-state index contributed by atoms with van der Waals surface area (Å²) in [6, 6.07) is 7.40. The van der Waals surface area contributed by atoms with E-state index >= 15 is 0 Å². The first kappa shape index (κ1) is 20.2. The van der Waals surface area contributed by atoms with E-state index in [1.807, 2.05) is 24.3 Å². The van der Waals surface area contributed by atoms with Crippen molar-refractivity contribution in [3.05, 3.63) is 54.2 Å². The lowest BCUT2D eigenvalue weighted by Crippen LogP contribution is -2.51. The molecule has 2 heterocycles. The van der Waals surface area contributed by atoms with Crippen LogP contribution >= 0.6 is 0 Å². The molecule has 3 aromatic rings. The first-order valence-corrected chi connectivity index (χ1v) is 9.12. The van der Waals surface area contributed by atoms with Crippen molar-refractivity contribution >= 4 is 34.7 Å². The Balaban J connectivity index is 1.77. The molecule has 3 rings (SSSR count). The molecule has 9 nitrogen and oxygen atoms in total. The van der Waals surface area contributed by atoms with Gasteiger partial charge in [-0.25, -0.2) is 4.98 Å². The molecule has 0 radical (unpaired) electrons. The highest BCUT2D eigenvalue weighted by atomic mass is 16.2. The van der Waals surface area contributed by atoms with E-state index in [1.54, 1.807) is 25.4 Å². The van der Waals surface area contributed by atoms with Crippen LogP contribution in [0.3, 0.4) is 0 Å². The first-order valence-electron chi connectivity index (χ1n) is 9.12. The fraction of sp³-hybridized carbons (Fsp3) is 0.250. The second-order valence-corrected chi connectivity index (χ2v) is 6.67. The van der Waals surface area contributed by atoms with Crippen LogP contribution in [-0.2, 0) is 20.8 Å². The number of benzene rings is 1. The summed E-state index contributed by atoms with van der Waals surface area (Å²) in [5.74, 6) is -0.312. The summed E-state index contributed by atoms with van der Waals surface area (Å²) in [6.07, 6.45) is 3.78. The second-order valence-electron chi connectivity index (χ2n) is 6.67. The highest BCUT2D eigenvalue weighted by Gasteiger charge is 2.25. The number of carbonyl (C=O) groups excluding carboxylic acids is 3. The number of para-hydroxylation sites is 1. The fourth-order valence-corrected chi connectivity index (χ4v) is 2.86. The van der Waals surface area contributed by atoms with Crippen molar-refractivity contribution in [3.8, 4) is 0 Å². The Morgan fingerprint density at radius 2 is 2.00 bits per heavy atom. The van der Waals surface area contributed by atoms with Gasteiger partial charge in [-0.1, -0.05) is 18.2 Å². The summed E-state index contributed by atoms with van der Waals surface area (Å²) < 4.78 is 0. The number of anilines is 1. The molecule has 0 spiro atoms. The van der Waals surface area contributed by atoms with Gasteiger partial charge in [-0.15, -0.1) is 0 Å². The number of hydrogen-bond acceptors (Lipinski definition) is 6. The molecule has 0 aliphatic rings. The molecule has 5 N–H and O–H groups in total. The summed E-state index contributed by atoms with van der Waals surface area (Å²) in [7, 11) is 0. The number of imidazole rings is 1. The third-order valence-electron chi connectivity index (χ3n) is 4.36. The van der Waals surface area contributed by atoms with Gasteiger partial charge >= 0.3 is 0 Å². The third kappa shape index (κ3) is 5.23. The number of nitrogens with one attached hydrogen (secondary N) is 3. The van der Waals surface area contributed by atoms with Gasteiger partial charge in [-0.05, 0) is 19.1 Å². The Hall–Kier alpha value is -3.59. The van der Waals surface area contributed by atoms with Gasteiger partial charge in [0.15, 0.2) is 0 Å². The normalized spacial score (nSPS) is 12.9. The van der Waals surface area contributed by atoms with Gasteiger partial charge in [0.2, 0.25) is 11.8 Å². The van der Waals surface area contributed by atoms with Gasteiger partial charge in [0, 0.05) is 30.1 Å². The second kappa shape index (κ2) is 9.07. The van der Waals surface area contributed by atoms with E-state index in [-0.39, 0.29) is 12.8 Å². The molecule has 0 bridgehead atoms. The minimum atomic E-state index is -1.02. The number of pyridine rings is 1. The van der Waals surface area contributed by atoms with Crippen molar-refractivity contribution in [2.45, 2.75) is 31.8 Å². The Kier molecular flexibility index (Phi) is 6.30. The maximum Gasteiger partial charge on any atom is 0.247 e. The fourth-order valence-electron chi connectivity index (χ4n) is 2.86. The standard InChI is InChI=1S/C20H22N6O3/c1-12-22-10-15(24-12)9-18(26-19(28)16(21)6-7-27)20(29)25-14-8-13-4-2-3-5-17(13)23-11-14/h2-5,7-8,10-11,16,18H,6,9,21H2,1H3,(H,22,24)(H,25,29)(H,26,28). The zero-order chi connectivity index (χ0) is 20.8. The Morgan fingerprint density at radius 3 is 2.72 bits per heavy atom. The van der Waals surface area contributed by atoms with Crippen molar-refractivity contribution in [3.63, 3.8) is 0 Å². The quantitative estimate of drug-likeness (QED) is 0.417. The molecule has 2 aromatic heterocycles. The molecule has 9 heteroatoms. The largest absolute Gasteiger partial charge is 0.346 e. The molecule has 29 heavy (non-hydrogen) atoms. The van der Waals surface area contributed by atoms with Crippen LogP contribution in [0.2, 0.25) is 0 Å². The number of fused-ring (bicyclic) bond motifs is 1. The average molecular weight is 394 g/mol. The number of aromatic amines is 1. The minimum Gasteiger partial charge on any atom is -0.346 e. The van der Waals surface area contributed by atoms with Crippen LogP contribution in [0.1, 0.15) is 17.9 Å². The number of aromatic nitrogens is 3. The van der Waals surface area contributed by atoms with Crippen LogP contribution in [-0.4, -0.2) is 45.1 Å². The molecule has 0 saturated heterocycles. The Morgan fingerprint density at radius 1 is 1.21 bits per heavy atom. The van der Waals surface area contributed by atoms with Gasteiger partial charge in [0.1, 0.15) is 18.2 Å². The molecule has 0 aliphatic heterocycles. The average Bonchev–Trinajstić information content (AvgIpc) is 3.12. The van der Waals surface area contributed by atoms with Gasteiger partial charge in [-0.3, -0.25) is 14.6 Å². The van der Waals surface area contributed by atoms with Crippen molar-refractivity contribution < 1.29 is 14.4 Å². The van der Waals surface area contributed by atoms with E-state index in [2.05, 4.69) is 25.6 Å². The molecule has 2 amide bonds. The maximum absolute atomic E-state index is 12.9. The number of amides is 2. The van der Waals surface area contributed by atoms with Crippen molar-refractivity contribution in [2.24, 2.45) is 5.73 Å². The number of hydrogen-bond donors (Lipinski definition) is 4. The lowest BCUT2D eigenvalue weighted by atomic mass is 10.1. The molecule has 2 unspecified atom stereocenters. The third-order valence-corrected chi connectivity index (χ3v) is 4.36. The molecular formula is C20H22N6O3. The predicted molar refractivity (Wildman–Crippen MR) is 108 cm³/mol. The lowest BCUT2D eigenvalue weighted by molar-refractivity contribution is -0.128. The molecule has 1 aromatic carbocycles. The van der Waals surface area contributed by atoms with Crippen LogP contribution in [0.25, 0.3) is 10.9 Å². The van der Waals surface area contributed by atoms with E-state index in [9.17, 15) is 14.4 Å². The zero-order valence-corrected chi connectivity index (χ0v) is 15.9. The van der Waals surface area contributed by atoms with Crippen molar-refractivity contribution in [1.82, 2.24) is 20.3 Å².